The summed E-state index contributed by atoms with van der Waals surface area (Å²) in [5.41, 5.74) is 2.77. The lowest BCUT2D eigenvalue weighted by Gasteiger charge is -2.29. The zero-order valence-electron chi connectivity index (χ0n) is 14.1. The van der Waals surface area contributed by atoms with Crippen LogP contribution in [0.5, 0.6) is 0 Å². The van der Waals surface area contributed by atoms with E-state index < -0.39 is 0 Å². The fraction of sp³-hybridized carbons (Fsp3) is 0.632. The highest BCUT2D eigenvalue weighted by molar-refractivity contribution is 5.78. The van der Waals surface area contributed by atoms with Crippen molar-refractivity contribution in [2.24, 2.45) is 5.92 Å². The molecule has 1 atom stereocenters. The van der Waals surface area contributed by atoms with Crippen LogP contribution in [-0.2, 0) is 17.6 Å². The first-order valence-electron chi connectivity index (χ1n) is 8.78. The number of nitrogens with zero attached hydrogens (tertiary/aromatic N) is 1. The predicted molar refractivity (Wildman–Crippen MR) is 92.0 cm³/mol. The summed E-state index contributed by atoms with van der Waals surface area (Å²) in [6.07, 6.45) is 5.61. The van der Waals surface area contributed by atoms with E-state index in [4.69, 9.17) is 0 Å². The minimum Gasteiger partial charge on any atom is -0.340 e. The van der Waals surface area contributed by atoms with Crippen LogP contribution in [-0.4, -0.2) is 37.0 Å². The van der Waals surface area contributed by atoms with Gasteiger partial charge in [0.2, 0.25) is 5.91 Å². The Hall–Kier alpha value is -1.35. The van der Waals surface area contributed by atoms with Crippen LogP contribution < -0.4 is 5.32 Å². The number of hydrogen-bond donors (Lipinski definition) is 1. The molecule has 1 unspecified atom stereocenters. The third-order valence-electron chi connectivity index (χ3n) is 4.56. The molecule has 0 aliphatic carbocycles. The number of rotatable bonds is 7. The lowest BCUT2D eigenvalue weighted by atomic mass is 9.98. The van der Waals surface area contributed by atoms with Crippen molar-refractivity contribution in [3.8, 4) is 0 Å². The van der Waals surface area contributed by atoms with E-state index in [2.05, 4.69) is 43.4 Å². The third-order valence-corrected chi connectivity index (χ3v) is 4.56. The van der Waals surface area contributed by atoms with Gasteiger partial charge in [-0.3, -0.25) is 4.79 Å². The monoisotopic (exact) mass is 302 g/mol. The maximum atomic E-state index is 12.4. The summed E-state index contributed by atoms with van der Waals surface area (Å²) in [7, 11) is 0. The van der Waals surface area contributed by atoms with Gasteiger partial charge in [-0.2, -0.15) is 0 Å². The molecule has 122 valence electrons. The second-order valence-corrected chi connectivity index (χ2v) is 6.44. The molecule has 3 nitrogen and oxygen atoms in total. The van der Waals surface area contributed by atoms with Crippen molar-refractivity contribution in [3.05, 3.63) is 35.4 Å². The largest absolute Gasteiger partial charge is 0.340 e. The predicted octanol–water partition coefficient (Wildman–Crippen LogP) is 3.03. The van der Waals surface area contributed by atoms with E-state index in [1.54, 1.807) is 0 Å². The van der Waals surface area contributed by atoms with Gasteiger partial charge in [-0.05, 0) is 36.8 Å². The van der Waals surface area contributed by atoms with E-state index in [0.29, 0.717) is 5.91 Å². The fourth-order valence-corrected chi connectivity index (χ4v) is 2.96. The number of nitrogens with one attached hydrogen (secondary N) is 1. The zero-order valence-corrected chi connectivity index (χ0v) is 14.1. The van der Waals surface area contributed by atoms with Crippen LogP contribution in [0.4, 0.5) is 0 Å². The topological polar surface area (TPSA) is 32.3 Å². The second-order valence-electron chi connectivity index (χ2n) is 6.44. The Morgan fingerprint density at radius 3 is 2.32 bits per heavy atom. The van der Waals surface area contributed by atoms with E-state index in [1.807, 2.05) is 4.90 Å². The summed E-state index contributed by atoms with van der Waals surface area (Å²) in [5.74, 6) is 0.443. The first-order chi connectivity index (χ1) is 10.7. The van der Waals surface area contributed by atoms with Gasteiger partial charge in [0, 0.05) is 32.1 Å². The van der Waals surface area contributed by atoms with Gasteiger partial charge in [-0.15, -0.1) is 0 Å². The average molecular weight is 302 g/mol. The molecule has 1 fully saturated rings. The fourth-order valence-electron chi connectivity index (χ4n) is 2.96. The quantitative estimate of drug-likeness (QED) is 0.839. The number of amides is 1. The van der Waals surface area contributed by atoms with E-state index in [0.717, 1.165) is 39.0 Å². The number of piperazine rings is 1. The summed E-state index contributed by atoms with van der Waals surface area (Å²) in [6.45, 7) is 7.87. The van der Waals surface area contributed by atoms with Gasteiger partial charge in [0.05, 0.1) is 0 Å². The average Bonchev–Trinajstić information content (AvgIpc) is 2.58. The summed E-state index contributed by atoms with van der Waals surface area (Å²) in [5, 5.41) is 3.29. The Kier molecular flexibility index (Phi) is 6.91. The van der Waals surface area contributed by atoms with Crippen molar-refractivity contribution in [1.29, 1.82) is 0 Å². The van der Waals surface area contributed by atoms with Crippen LogP contribution in [0.15, 0.2) is 24.3 Å². The lowest BCUT2D eigenvalue weighted by Crippen LogP contribution is -2.48. The number of carbonyl (C=O) groups is 1. The number of carbonyl (C=O) groups excluding carboxylic acids is 1. The van der Waals surface area contributed by atoms with Crippen molar-refractivity contribution < 1.29 is 4.79 Å². The molecule has 1 aromatic rings. The SMILES string of the molecule is CCCCc1ccc(CCC(C)C(=O)N2CCNCC2)cc1. The summed E-state index contributed by atoms with van der Waals surface area (Å²) < 4.78 is 0. The summed E-state index contributed by atoms with van der Waals surface area (Å²) >= 11 is 0. The maximum Gasteiger partial charge on any atom is 0.225 e. The van der Waals surface area contributed by atoms with E-state index >= 15 is 0 Å². The molecule has 1 heterocycles. The van der Waals surface area contributed by atoms with Gasteiger partial charge in [-0.25, -0.2) is 0 Å². The number of benzene rings is 1. The van der Waals surface area contributed by atoms with Gasteiger partial charge in [0.15, 0.2) is 0 Å². The highest BCUT2D eigenvalue weighted by Crippen LogP contribution is 2.14. The molecule has 1 aliphatic heterocycles. The minimum absolute atomic E-state index is 0.123. The molecule has 0 spiro atoms. The Balaban J connectivity index is 1.77. The molecule has 1 aromatic carbocycles. The number of aryl methyl sites for hydroxylation is 2. The zero-order chi connectivity index (χ0) is 15.8. The van der Waals surface area contributed by atoms with E-state index in [1.165, 1.54) is 30.4 Å². The van der Waals surface area contributed by atoms with Crippen molar-refractivity contribution in [1.82, 2.24) is 10.2 Å². The molecule has 1 N–H and O–H groups in total. The first kappa shape index (κ1) is 17.0. The van der Waals surface area contributed by atoms with Crippen LogP contribution in [0.25, 0.3) is 0 Å². The van der Waals surface area contributed by atoms with Crippen LogP contribution >= 0.6 is 0 Å². The minimum atomic E-state index is 0.123. The Morgan fingerprint density at radius 1 is 1.14 bits per heavy atom. The Morgan fingerprint density at radius 2 is 1.73 bits per heavy atom. The van der Waals surface area contributed by atoms with E-state index in [9.17, 15) is 4.79 Å². The molecule has 1 aliphatic rings. The molecule has 1 amide bonds. The van der Waals surface area contributed by atoms with Crippen molar-refractivity contribution >= 4 is 5.91 Å². The molecule has 0 aromatic heterocycles. The van der Waals surface area contributed by atoms with Gasteiger partial charge in [0.1, 0.15) is 0 Å². The summed E-state index contributed by atoms with van der Waals surface area (Å²) in [4.78, 5) is 14.4. The highest BCUT2D eigenvalue weighted by Gasteiger charge is 2.21. The van der Waals surface area contributed by atoms with E-state index in [-0.39, 0.29) is 5.92 Å². The Bertz CT molecular complexity index is 449. The summed E-state index contributed by atoms with van der Waals surface area (Å²) in [6, 6.07) is 8.95. The molecular formula is C19H30N2O. The molecule has 22 heavy (non-hydrogen) atoms. The van der Waals surface area contributed by atoms with Gasteiger partial charge >= 0.3 is 0 Å². The number of unbranched alkanes of at least 4 members (excludes halogenated alkanes) is 1. The molecule has 1 saturated heterocycles. The van der Waals surface area contributed by atoms with Gasteiger partial charge < -0.3 is 10.2 Å². The van der Waals surface area contributed by atoms with Gasteiger partial charge in [0.25, 0.3) is 0 Å². The lowest BCUT2D eigenvalue weighted by molar-refractivity contribution is -0.135. The smallest absolute Gasteiger partial charge is 0.225 e. The molecule has 2 rings (SSSR count). The molecule has 3 heteroatoms. The molecular weight excluding hydrogens is 272 g/mol. The second kappa shape index (κ2) is 8.94. The molecule has 0 radical (unpaired) electrons. The van der Waals surface area contributed by atoms with Crippen LogP contribution in [0.1, 0.15) is 44.2 Å². The van der Waals surface area contributed by atoms with Crippen LogP contribution in [0.2, 0.25) is 0 Å². The molecule has 0 saturated carbocycles. The third kappa shape index (κ3) is 5.13. The van der Waals surface area contributed by atoms with Crippen molar-refractivity contribution in [2.75, 3.05) is 26.2 Å². The highest BCUT2D eigenvalue weighted by atomic mass is 16.2. The molecule has 0 bridgehead atoms. The standard InChI is InChI=1S/C19H30N2O/c1-3-4-5-17-8-10-18(11-9-17)7-6-16(2)19(22)21-14-12-20-13-15-21/h8-11,16,20H,3-7,12-15H2,1-2H3. The maximum absolute atomic E-state index is 12.4. The normalized spacial score (nSPS) is 16.5. The van der Waals surface area contributed by atoms with Crippen LogP contribution in [0, 0.1) is 5.92 Å². The van der Waals surface area contributed by atoms with Gasteiger partial charge in [-0.1, -0.05) is 44.5 Å². The van der Waals surface area contributed by atoms with Crippen LogP contribution in [0.3, 0.4) is 0 Å². The van der Waals surface area contributed by atoms with Crippen molar-refractivity contribution in [3.63, 3.8) is 0 Å². The first-order valence-corrected chi connectivity index (χ1v) is 8.78. The van der Waals surface area contributed by atoms with Crippen molar-refractivity contribution in [2.45, 2.75) is 46.0 Å². The number of hydrogen-bond acceptors (Lipinski definition) is 2. The Labute approximate surface area is 135 Å².